The van der Waals surface area contributed by atoms with E-state index in [1.807, 2.05) is 13.8 Å². The summed E-state index contributed by atoms with van der Waals surface area (Å²) < 4.78 is 23.8. The largest absolute Gasteiger partial charge is 0.464 e. The van der Waals surface area contributed by atoms with Crippen LogP contribution < -0.4 is 10.2 Å². The summed E-state index contributed by atoms with van der Waals surface area (Å²) in [6, 6.07) is 7.57. The summed E-state index contributed by atoms with van der Waals surface area (Å²) in [6.45, 7) is 5.35. The molecule has 0 saturated carbocycles. The van der Waals surface area contributed by atoms with Crippen molar-refractivity contribution in [1.29, 1.82) is 5.41 Å². The number of esters is 1. The highest BCUT2D eigenvalue weighted by atomic mass is 19.1. The Morgan fingerprint density at radius 2 is 1.87 bits per heavy atom. The minimum atomic E-state index is -0.558. The number of methoxy groups -OCH3 is 2. The fourth-order valence-corrected chi connectivity index (χ4v) is 3.64. The zero-order valence-electron chi connectivity index (χ0n) is 18.4. The Labute approximate surface area is 182 Å². The average Bonchev–Trinajstić information content (AvgIpc) is 2.79. The maximum absolute atomic E-state index is 13.4. The number of hydrogen-bond donors (Lipinski definition) is 2. The first-order valence-electron chi connectivity index (χ1n) is 10.4. The Morgan fingerprint density at radius 1 is 1.23 bits per heavy atom. The lowest BCUT2D eigenvalue weighted by Crippen LogP contribution is -2.38. The van der Waals surface area contributed by atoms with Gasteiger partial charge in [0.2, 0.25) is 0 Å². The Hall–Kier alpha value is -3.00. The molecule has 0 atom stereocenters. The van der Waals surface area contributed by atoms with E-state index in [9.17, 15) is 9.18 Å². The van der Waals surface area contributed by atoms with Crippen molar-refractivity contribution in [3.8, 4) is 0 Å². The summed E-state index contributed by atoms with van der Waals surface area (Å²) in [5, 5.41) is 12.0. The number of halogens is 1. The molecule has 0 radical (unpaired) electrons. The molecule has 2 heterocycles. The van der Waals surface area contributed by atoms with Crippen molar-refractivity contribution in [2.24, 2.45) is 5.92 Å². The predicted octanol–water partition coefficient (Wildman–Crippen LogP) is 4.39. The van der Waals surface area contributed by atoms with E-state index in [1.54, 1.807) is 25.3 Å². The average molecular weight is 429 g/mol. The zero-order valence-corrected chi connectivity index (χ0v) is 18.4. The third-order valence-corrected chi connectivity index (χ3v) is 5.46. The third-order valence-electron chi connectivity index (χ3n) is 5.46. The number of ether oxygens (including phenoxy) is 2. The molecule has 31 heavy (non-hydrogen) atoms. The number of nitrogens with one attached hydrogen (secondary N) is 2. The quantitative estimate of drug-likeness (QED) is 0.502. The minimum Gasteiger partial charge on any atom is -0.464 e. The molecule has 0 spiro atoms. The van der Waals surface area contributed by atoms with Crippen LogP contribution >= 0.6 is 0 Å². The van der Waals surface area contributed by atoms with Gasteiger partial charge in [-0.15, -0.1) is 0 Å². The van der Waals surface area contributed by atoms with Crippen molar-refractivity contribution >= 4 is 28.9 Å². The van der Waals surface area contributed by atoms with Crippen LogP contribution in [0.15, 0.2) is 30.3 Å². The molecule has 2 aromatic rings. The SMILES string of the molecule is COC(=O)c1cc(N2CCC(OC)CC2)c(C(=N)C(C)C)c(Nc2ccc(F)cc2)n1. The second-order valence-electron chi connectivity index (χ2n) is 7.86. The van der Waals surface area contributed by atoms with Gasteiger partial charge in [-0.3, -0.25) is 0 Å². The van der Waals surface area contributed by atoms with Crippen molar-refractivity contribution in [2.45, 2.75) is 32.8 Å². The monoisotopic (exact) mass is 428 g/mol. The van der Waals surface area contributed by atoms with E-state index in [0.29, 0.717) is 22.8 Å². The predicted molar refractivity (Wildman–Crippen MR) is 119 cm³/mol. The van der Waals surface area contributed by atoms with Crippen molar-refractivity contribution < 1.29 is 18.7 Å². The second kappa shape index (κ2) is 9.87. The van der Waals surface area contributed by atoms with Crippen LogP contribution in [0.5, 0.6) is 0 Å². The fourth-order valence-electron chi connectivity index (χ4n) is 3.64. The van der Waals surface area contributed by atoms with Crippen molar-refractivity contribution in [1.82, 2.24) is 4.98 Å². The van der Waals surface area contributed by atoms with Crippen molar-refractivity contribution in [3.05, 3.63) is 47.4 Å². The van der Waals surface area contributed by atoms with E-state index in [-0.39, 0.29) is 23.5 Å². The summed E-state index contributed by atoms with van der Waals surface area (Å²) in [5.74, 6) is -0.594. The number of pyridine rings is 1. The maximum Gasteiger partial charge on any atom is 0.356 e. The number of piperidine rings is 1. The fraction of sp³-hybridized carbons (Fsp3) is 0.435. The lowest BCUT2D eigenvalue weighted by Gasteiger charge is -2.35. The zero-order chi connectivity index (χ0) is 22.5. The van der Waals surface area contributed by atoms with Crippen LogP contribution in [0.3, 0.4) is 0 Å². The number of nitrogens with zero attached hydrogens (tertiary/aromatic N) is 2. The molecule has 1 aliphatic heterocycles. The van der Waals surface area contributed by atoms with E-state index in [2.05, 4.69) is 15.2 Å². The maximum atomic E-state index is 13.4. The molecule has 2 N–H and O–H groups in total. The van der Waals surface area contributed by atoms with Gasteiger partial charge < -0.3 is 25.1 Å². The smallest absolute Gasteiger partial charge is 0.356 e. The van der Waals surface area contributed by atoms with E-state index in [0.717, 1.165) is 31.6 Å². The van der Waals surface area contributed by atoms with Gasteiger partial charge in [0.15, 0.2) is 5.69 Å². The van der Waals surface area contributed by atoms with Gasteiger partial charge in [-0.25, -0.2) is 14.2 Å². The summed E-state index contributed by atoms with van der Waals surface area (Å²) in [5.41, 5.74) is 2.54. The molecule has 0 aliphatic carbocycles. The standard InChI is InChI=1S/C23H29FN4O3/c1-14(2)21(25)20-19(28-11-9-17(30-3)10-12-28)13-18(23(29)31-4)27-22(20)26-16-7-5-15(24)6-8-16/h5-8,13-14,17,25H,9-12H2,1-4H3,(H,26,27). The molecular formula is C23H29FN4O3. The molecule has 3 rings (SSSR count). The van der Waals surface area contributed by atoms with E-state index >= 15 is 0 Å². The lowest BCUT2D eigenvalue weighted by molar-refractivity contribution is 0.0594. The number of aromatic nitrogens is 1. The number of anilines is 3. The number of carbonyl (C=O) groups is 1. The van der Waals surface area contributed by atoms with Gasteiger partial charge in [0.1, 0.15) is 11.6 Å². The first kappa shape index (κ1) is 22.7. The molecule has 0 amide bonds. The molecule has 1 aliphatic rings. The summed E-state index contributed by atoms with van der Waals surface area (Å²) in [4.78, 5) is 19.0. The Morgan fingerprint density at radius 3 is 2.42 bits per heavy atom. The molecule has 8 heteroatoms. The normalized spacial score (nSPS) is 14.6. The van der Waals surface area contributed by atoms with Crippen LogP contribution in [0.4, 0.5) is 21.6 Å². The van der Waals surface area contributed by atoms with Crippen LogP contribution in [-0.2, 0) is 9.47 Å². The van der Waals surface area contributed by atoms with E-state index in [1.165, 1.54) is 19.2 Å². The van der Waals surface area contributed by atoms with Gasteiger partial charge >= 0.3 is 5.97 Å². The van der Waals surface area contributed by atoms with Crippen LogP contribution in [0.25, 0.3) is 0 Å². The summed E-state index contributed by atoms with van der Waals surface area (Å²) in [7, 11) is 3.03. The molecule has 166 valence electrons. The highest BCUT2D eigenvalue weighted by Gasteiger charge is 2.27. The van der Waals surface area contributed by atoms with Crippen molar-refractivity contribution in [3.63, 3.8) is 0 Å². The Kier molecular flexibility index (Phi) is 7.22. The Bertz CT molecular complexity index is 939. The van der Waals surface area contributed by atoms with Gasteiger partial charge in [0.05, 0.1) is 24.5 Å². The molecule has 1 aromatic carbocycles. The molecular weight excluding hydrogens is 399 g/mol. The highest BCUT2D eigenvalue weighted by Crippen LogP contribution is 2.34. The van der Waals surface area contributed by atoms with Gasteiger partial charge in [-0.2, -0.15) is 0 Å². The van der Waals surface area contributed by atoms with Crippen molar-refractivity contribution in [2.75, 3.05) is 37.5 Å². The third kappa shape index (κ3) is 5.19. The van der Waals surface area contributed by atoms with Gasteiger partial charge in [0.25, 0.3) is 0 Å². The van der Waals surface area contributed by atoms with Crippen LogP contribution in [0.2, 0.25) is 0 Å². The molecule has 1 fully saturated rings. The number of benzene rings is 1. The number of rotatable bonds is 7. The topological polar surface area (TPSA) is 87.5 Å². The van der Waals surface area contributed by atoms with E-state index in [4.69, 9.17) is 14.9 Å². The summed E-state index contributed by atoms with van der Waals surface area (Å²) in [6.07, 6.45) is 1.89. The van der Waals surface area contributed by atoms with Gasteiger partial charge in [0, 0.05) is 31.6 Å². The molecule has 0 unspecified atom stereocenters. The minimum absolute atomic E-state index is 0.0604. The first-order valence-corrected chi connectivity index (χ1v) is 10.4. The van der Waals surface area contributed by atoms with Gasteiger partial charge in [-0.1, -0.05) is 13.8 Å². The van der Waals surface area contributed by atoms with Crippen LogP contribution in [0, 0.1) is 17.1 Å². The van der Waals surface area contributed by atoms with Crippen LogP contribution in [0.1, 0.15) is 42.7 Å². The molecule has 1 saturated heterocycles. The molecule has 1 aromatic heterocycles. The number of hydrogen-bond acceptors (Lipinski definition) is 7. The molecule has 0 bridgehead atoms. The summed E-state index contributed by atoms with van der Waals surface area (Å²) >= 11 is 0. The first-order chi connectivity index (χ1) is 14.8. The molecule has 7 nitrogen and oxygen atoms in total. The van der Waals surface area contributed by atoms with E-state index < -0.39 is 5.97 Å². The highest BCUT2D eigenvalue weighted by molar-refractivity contribution is 6.09. The Balaban J connectivity index is 2.12. The van der Waals surface area contributed by atoms with Gasteiger partial charge in [-0.05, 0) is 49.1 Å². The second-order valence-corrected chi connectivity index (χ2v) is 7.86. The van der Waals surface area contributed by atoms with Crippen LogP contribution in [-0.4, -0.2) is 50.1 Å². The lowest BCUT2D eigenvalue weighted by atomic mass is 9.96. The number of carbonyl (C=O) groups excluding carboxylic acids is 1.